The van der Waals surface area contributed by atoms with Crippen molar-refractivity contribution < 1.29 is 9.53 Å². The number of hydrogen-bond donors (Lipinski definition) is 1. The number of nitrogens with one attached hydrogen (secondary N) is 1. The number of rotatable bonds is 3. The van der Waals surface area contributed by atoms with Crippen LogP contribution in [0.4, 0.5) is 11.5 Å². The Kier molecular flexibility index (Phi) is 4.95. The summed E-state index contributed by atoms with van der Waals surface area (Å²) in [6.07, 6.45) is 1.38. The Morgan fingerprint density at radius 2 is 1.91 bits per heavy atom. The minimum Gasteiger partial charge on any atom is -0.378 e. The lowest BCUT2D eigenvalue weighted by molar-refractivity contribution is 0.102. The average molecular weight is 353 g/mol. The van der Waals surface area contributed by atoms with Gasteiger partial charge in [-0.15, -0.1) is 0 Å². The lowest BCUT2D eigenvalue weighted by Gasteiger charge is -2.27. The molecule has 1 fully saturated rings. The topological polar surface area (TPSA) is 67.4 Å². The van der Waals surface area contributed by atoms with Crippen molar-refractivity contribution in [2.24, 2.45) is 0 Å². The monoisotopic (exact) mass is 352 g/mol. The summed E-state index contributed by atoms with van der Waals surface area (Å²) >= 11 is 11.8. The Bertz CT molecular complexity index is 720. The molecule has 3 rings (SSSR count). The van der Waals surface area contributed by atoms with Gasteiger partial charge in [-0.2, -0.15) is 0 Å². The van der Waals surface area contributed by atoms with E-state index < -0.39 is 0 Å². The van der Waals surface area contributed by atoms with Crippen LogP contribution >= 0.6 is 23.2 Å². The first-order chi connectivity index (χ1) is 11.1. The molecule has 0 aliphatic carbocycles. The van der Waals surface area contributed by atoms with Crippen LogP contribution in [0.1, 0.15) is 10.5 Å². The lowest BCUT2D eigenvalue weighted by atomic mass is 10.3. The van der Waals surface area contributed by atoms with Gasteiger partial charge in [0.1, 0.15) is 17.8 Å². The van der Waals surface area contributed by atoms with Gasteiger partial charge >= 0.3 is 0 Å². The Hall–Kier alpha value is -1.89. The number of ether oxygens (including phenoxy) is 1. The van der Waals surface area contributed by atoms with Crippen molar-refractivity contribution in [3.63, 3.8) is 0 Å². The van der Waals surface area contributed by atoms with Crippen molar-refractivity contribution in [2.45, 2.75) is 0 Å². The summed E-state index contributed by atoms with van der Waals surface area (Å²) in [6.45, 7) is 2.78. The van der Waals surface area contributed by atoms with Gasteiger partial charge in [-0.25, -0.2) is 9.97 Å². The maximum atomic E-state index is 12.3. The highest BCUT2D eigenvalue weighted by atomic mass is 35.5. The van der Waals surface area contributed by atoms with Crippen molar-refractivity contribution in [1.29, 1.82) is 0 Å². The molecule has 1 amide bonds. The molecule has 1 aromatic heterocycles. The van der Waals surface area contributed by atoms with Crippen LogP contribution in [0.15, 0.2) is 30.6 Å². The number of amides is 1. The van der Waals surface area contributed by atoms with Crippen LogP contribution in [0.3, 0.4) is 0 Å². The number of anilines is 2. The molecule has 2 aromatic rings. The van der Waals surface area contributed by atoms with Crippen molar-refractivity contribution in [3.05, 3.63) is 46.3 Å². The van der Waals surface area contributed by atoms with E-state index >= 15 is 0 Å². The zero-order valence-corrected chi connectivity index (χ0v) is 13.6. The first-order valence-electron chi connectivity index (χ1n) is 7.04. The van der Waals surface area contributed by atoms with Crippen molar-refractivity contribution >= 4 is 40.6 Å². The van der Waals surface area contributed by atoms with Gasteiger partial charge in [0.2, 0.25) is 0 Å². The Labute approximate surface area is 143 Å². The van der Waals surface area contributed by atoms with E-state index in [1.165, 1.54) is 6.33 Å². The van der Waals surface area contributed by atoms with Gasteiger partial charge in [-0.1, -0.05) is 23.2 Å². The molecule has 0 saturated carbocycles. The molecule has 1 aliphatic rings. The van der Waals surface area contributed by atoms with Gasteiger partial charge in [0.05, 0.1) is 23.3 Å². The van der Waals surface area contributed by atoms with E-state index in [1.54, 1.807) is 24.3 Å². The number of carbonyl (C=O) groups excluding carboxylic acids is 1. The lowest BCUT2D eigenvalue weighted by Crippen LogP contribution is -2.37. The normalized spacial score (nSPS) is 14.6. The van der Waals surface area contributed by atoms with Gasteiger partial charge in [0.15, 0.2) is 0 Å². The summed E-state index contributed by atoms with van der Waals surface area (Å²) in [5.74, 6) is 0.378. The fourth-order valence-corrected chi connectivity index (χ4v) is 2.50. The quantitative estimate of drug-likeness (QED) is 0.919. The van der Waals surface area contributed by atoms with E-state index in [1.807, 2.05) is 0 Å². The molecule has 8 heteroatoms. The van der Waals surface area contributed by atoms with Crippen molar-refractivity contribution in [2.75, 3.05) is 36.5 Å². The van der Waals surface area contributed by atoms with Crippen LogP contribution in [0.2, 0.25) is 10.0 Å². The zero-order valence-electron chi connectivity index (χ0n) is 12.1. The second-order valence-electron chi connectivity index (χ2n) is 4.94. The Balaban J connectivity index is 1.75. The largest absolute Gasteiger partial charge is 0.378 e. The third kappa shape index (κ3) is 3.90. The minimum atomic E-state index is -0.333. The second-order valence-corrected chi connectivity index (χ2v) is 5.76. The number of morpholine rings is 1. The maximum absolute atomic E-state index is 12.3. The number of benzene rings is 1. The Morgan fingerprint density at radius 1 is 1.13 bits per heavy atom. The molecule has 0 bridgehead atoms. The molecule has 1 aliphatic heterocycles. The summed E-state index contributed by atoms with van der Waals surface area (Å²) in [5.41, 5.74) is 0.837. The Morgan fingerprint density at radius 3 is 2.65 bits per heavy atom. The fourth-order valence-electron chi connectivity index (χ4n) is 2.21. The highest BCUT2D eigenvalue weighted by Crippen LogP contribution is 2.25. The molecule has 0 radical (unpaired) electrons. The highest BCUT2D eigenvalue weighted by Gasteiger charge is 2.15. The van der Waals surface area contributed by atoms with E-state index in [0.717, 1.165) is 13.1 Å². The van der Waals surface area contributed by atoms with Gasteiger partial charge in [-0.05, 0) is 18.2 Å². The summed E-state index contributed by atoms with van der Waals surface area (Å²) in [5, 5.41) is 3.55. The van der Waals surface area contributed by atoms with Gasteiger partial charge in [0, 0.05) is 24.8 Å². The molecule has 1 N–H and O–H groups in total. The smallest absolute Gasteiger partial charge is 0.274 e. The fraction of sp³-hybridized carbons (Fsp3) is 0.267. The molecule has 1 aromatic carbocycles. The van der Waals surface area contributed by atoms with Gasteiger partial charge < -0.3 is 15.0 Å². The van der Waals surface area contributed by atoms with Crippen LogP contribution in [-0.2, 0) is 4.74 Å². The molecule has 0 atom stereocenters. The summed E-state index contributed by atoms with van der Waals surface area (Å²) < 4.78 is 5.31. The van der Waals surface area contributed by atoms with Crippen molar-refractivity contribution in [3.8, 4) is 0 Å². The summed E-state index contributed by atoms with van der Waals surface area (Å²) in [6, 6.07) is 6.55. The van der Waals surface area contributed by atoms with Crippen LogP contribution in [-0.4, -0.2) is 42.2 Å². The first-order valence-corrected chi connectivity index (χ1v) is 7.80. The SMILES string of the molecule is O=C(Nc1ccc(Cl)c(Cl)c1)c1cc(N2CCOCC2)ncn1. The van der Waals surface area contributed by atoms with Crippen LogP contribution in [0.5, 0.6) is 0 Å². The number of nitrogens with zero attached hydrogens (tertiary/aromatic N) is 3. The van der Waals surface area contributed by atoms with Gasteiger partial charge in [0.25, 0.3) is 5.91 Å². The maximum Gasteiger partial charge on any atom is 0.274 e. The minimum absolute atomic E-state index is 0.285. The standard InChI is InChI=1S/C15H14Cl2N4O2/c16-11-2-1-10(7-12(11)17)20-15(22)13-8-14(19-9-18-13)21-3-5-23-6-4-21/h1-2,7-9H,3-6H2,(H,20,22). The second kappa shape index (κ2) is 7.12. The third-order valence-electron chi connectivity index (χ3n) is 3.40. The predicted octanol–water partition coefficient (Wildman–Crippen LogP) is 2.87. The molecule has 6 nitrogen and oxygen atoms in total. The summed E-state index contributed by atoms with van der Waals surface area (Å²) in [7, 11) is 0. The van der Waals surface area contributed by atoms with E-state index in [-0.39, 0.29) is 11.6 Å². The number of hydrogen-bond acceptors (Lipinski definition) is 5. The molecule has 120 valence electrons. The van der Waals surface area contributed by atoms with Crippen molar-refractivity contribution in [1.82, 2.24) is 9.97 Å². The molecule has 0 spiro atoms. The van der Waals surface area contributed by atoms with Crippen LogP contribution in [0, 0.1) is 0 Å². The van der Waals surface area contributed by atoms with E-state index in [9.17, 15) is 4.79 Å². The zero-order chi connectivity index (χ0) is 16.2. The number of halogens is 2. The molecule has 0 unspecified atom stereocenters. The number of aromatic nitrogens is 2. The molecule has 23 heavy (non-hydrogen) atoms. The molecular formula is C15H14Cl2N4O2. The molecule has 1 saturated heterocycles. The van der Waals surface area contributed by atoms with Crippen LogP contribution < -0.4 is 10.2 Å². The van der Waals surface area contributed by atoms with E-state index in [0.29, 0.717) is 34.8 Å². The van der Waals surface area contributed by atoms with Gasteiger partial charge in [-0.3, -0.25) is 4.79 Å². The number of carbonyl (C=O) groups is 1. The predicted molar refractivity (Wildman–Crippen MR) is 89.5 cm³/mol. The third-order valence-corrected chi connectivity index (χ3v) is 4.14. The van der Waals surface area contributed by atoms with Crippen LogP contribution in [0.25, 0.3) is 0 Å². The van der Waals surface area contributed by atoms with E-state index in [2.05, 4.69) is 20.2 Å². The highest BCUT2D eigenvalue weighted by molar-refractivity contribution is 6.42. The summed E-state index contributed by atoms with van der Waals surface area (Å²) in [4.78, 5) is 22.6. The molecular weight excluding hydrogens is 339 g/mol. The average Bonchev–Trinajstić information content (AvgIpc) is 2.59. The first kappa shape index (κ1) is 16.0. The molecule has 2 heterocycles. The van der Waals surface area contributed by atoms with E-state index in [4.69, 9.17) is 27.9 Å².